The number of benzene rings is 1. The molecule has 28 heavy (non-hydrogen) atoms. The third-order valence-electron chi connectivity index (χ3n) is 5.29. The molecule has 1 aromatic rings. The zero-order chi connectivity index (χ0) is 19.8. The molecule has 0 bridgehead atoms. The van der Waals surface area contributed by atoms with Gasteiger partial charge in [-0.1, -0.05) is 12.1 Å². The summed E-state index contributed by atoms with van der Waals surface area (Å²) in [5, 5.41) is 3.30. The van der Waals surface area contributed by atoms with E-state index in [1.54, 1.807) is 6.07 Å². The number of halogens is 2. The van der Waals surface area contributed by atoms with Gasteiger partial charge in [0.25, 0.3) is 0 Å². The molecule has 0 spiro atoms. The quantitative estimate of drug-likeness (QED) is 0.569. The molecule has 0 saturated carbocycles. The fourth-order valence-corrected chi connectivity index (χ4v) is 3.70. The molecule has 1 aromatic carbocycles. The highest BCUT2D eigenvalue weighted by molar-refractivity contribution is 5.80. The number of hydrogen-bond donors (Lipinski definition) is 1. The minimum Gasteiger partial charge on any atom is -0.376 e. The summed E-state index contributed by atoms with van der Waals surface area (Å²) in [6.07, 6.45) is 5.05. The molecule has 2 aliphatic heterocycles. The molecular weight excluding hydrogens is 364 g/mol. The van der Waals surface area contributed by atoms with E-state index in [1.807, 2.05) is 6.92 Å². The number of nitrogens with zero attached hydrogens (tertiary/aromatic N) is 2. The number of ether oxygens (including phenoxy) is 2. The van der Waals surface area contributed by atoms with Crippen LogP contribution < -0.4 is 5.32 Å². The van der Waals surface area contributed by atoms with Crippen LogP contribution in [0.4, 0.5) is 8.78 Å². The van der Waals surface area contributed by atoms with E-state index in [9.17, 15) is 8.78 Å². The predicted octanol–water partition coefficient (Wildman–Crippen LogP) is 3.13. The van der Waals surface area contributed by atoms with E-state index in [0.717, 1.165) is 64.0 Å². The molecule has 1 unspecified atom stereocenters. The predicted molar refractivity (Wildman–Crippen MR) is 106 cm³/mol. The zero-order valence-electron chi connectivity index (χ0n) is 16.6. The number of piperidine rings is 1. The molecule has 0 aliphatic carbocycles. The topological polar surface area (TPSA) is 46.1 Å². The number of aliphatic imine (C=N–C) groups is 1. The summed E-state index contributed by atoms with van der Waals surface area (Å²) < 4.78 is 38.8. The first-order valence-corrected chi connectivity index (χ1v) is 10.4. The second-order valence-electron chi connectivity index (χ2n) is 7.35. The van der Waals surface area contributed by atoms with E-state index in [-0.39, 0.29) is 12.2 Å². The van der Waals surface area contributed by atoms with Crippen LogP contribution in [0.5, 0.6) is 0 Å². The Labute approximate surface area is 166 Å². The van der Waals surface area contributed by atoms with Gasteiger partial charge in [0.15, 0.2) is 17.6 Å². The van der Waals surface area contributed by atoms with Gasteiger partial charge in [-0.2, -0.15) is 0 Å². The maximum Gasteiger partial charge on any atom is 0.193 e. The van der Waals surface area contributed by atoms with Crippen molar-refractivity contribution in [2.24, 2.45) is 4.99 Å². The van der Waals surface area contributed by atoms with Crippen LogP contribution in [-0.4, -0.2) is 62.5 Å². The number of rotatable bonds is 7. The third kappa shape index (κ3) is 5.88. The number of guanidine groups is 1. The first-order chi connectivity index (χ1) is 13.7. The highest BCUT2D eigenvalue weighted by Crippen LogP contribution is 2.18. The number of likely N-dealkylation sites (tertiary alicyclic amines) is 1. The first kappa shape index (κ1) is 21.0. The van der Waals surface area contributed by atoms with Gasteiger partial charge >= 0.3 is 0 Å². The molecule has 0 radical (unpaired) electrons. The second kappa shape index (κ2) is 10.7. The smallest absolute Gasteiger partial charge is 0.193 e. The molecule has 1 N–H and O–H groups in total. The Morgan fingerprint density at radius 3 is 2.82 bits per heavy atom. The Balaban J connectivity index is 1.46. The molecule has 7 heteroatoms. The summed E-state index contributed by atoms with van der Waals surface area (Å²) in [4.78, 5) is 6.84. The maximum absolute atomic E-state index is 13.8. The number of hydrogen-bond acceptors (Lipinski definition) is 3. The Morgan fingerprint density at radius 1 is 1.29 bits per heavy atom. The van der Waals surface area contributed by atoms with Gasteiger partial charge in [0, 0.05) is 32.8 Å². The molecular formula is C21H31F2N3O2. The molecule has 156 valence electrons. The summed E-state index contributed by atoms with van der Waals surface area (Å²) in [5.74, 6) is -0.748. The summed E-state index contributed by atoms with van der Waals surface area (Å²) in [7, 11) is 0. The molecule has 5 nitrogen and oxygen atoms in total. The Morgan fingerprint density at radius 2 is 2.11 bits per heavy atom. The lowest BCUT2D eigenvalue weighted by Crippen LogP contribution is -2.47. The highest BCUT2D eigenvalue weighted by atomic mass is 19.2. The SMILES string of the molecule is CCNC(=NCCc1cccc(F)c1F)N1CCC(OCC2CCCO2)CC1. The van der Waals surface area contributed by atoms with Crippen LogP contribution in [-0.2, 0) is 15.9 Å². The summed E-state index contributed by atoms with van der Waals surface area (Å²) in [6, 6.07) is 4.28. The van der Waals surface area contributed by atoms with Crippen molar-refractivity contribution in [3.63, 3.8) is 0 Å². The lowest BCUT2D eigenvalue weighted by molar-refractivity contribution is -0.0367. The van der Waals surface area contributed by atoms with Crippen LogP contribution in [0.3, 0.4) is 0 Å². The van der Waals surface area contributed by atoms with Crippen molar-refractivity contribution in [2.45, 2.75) is 51.2 Å². The van der Waals surface area contributed by atoms with E-state index in [4.69, 9.17) is 9.47 Å². The molecule has 3 rings (SSSR count). The standard InChI is InChI=1S/C21H31F2N3O2/c1-2-24-21(25-11-8-16-5-3-7-19(22)20(16)23)26-12-9-17(10-13-26)28-15-18-6-4-14-27-18/h3,5,7,17-18H,2,4,6,8-15H2,1H3,(H,24,25). The van der Waals surface area contributed by atoms with Gasteiger partial charge in [0.2, 0.25) is 0 Å². The second-order valence-corrected chi connectivity index (χ2v) is 7.35. The monoisotopic (exact) mass is 395 g/mol. The van der Waals surface area contributed by atoms with E-state index in [1.165, 1.54) is 6.07 Å². The van der Waals surface area contributed by atoms with Gasteiger partial charge in [-0.05, 0) is 50.7 Å². The van der Waals surface area contributed by atoms with Crippen molar-refractivity contribution < 1.29 is 18.3 Å². The van der Waals surface area contributed by atoms with E-state index in [0.29, 0.717) is 25.1 Å². The van der Waals surface area contributed by atoms with E-state index in [2.05, 4.69) is 15.2 Å². The lowest BCUT2D eigenvalue weighted by Gasteiger charge is -2.34. The van der Waals surface area contributed by atoms with Crippen LogP contribution in [0.25, 0.3) is 0 Å². The van der Waals surface area contributed by atoms with Crippen LogP contribution in [0.2, 0.25) is 0 Å². The maximum atomic E-state index is 13.8. The van der Waals surface area contributed by atoms with Crippen LogP contribution in [0, 0.1) is 11.6 Å². The Bertz CT molecular complexity index is 643. The van der Waals surface area contributed by atoms with Crippen molar-refractivity contribution in [3.8, 4) is 0 Å². The summed E-state index contributed by atoms with van der Waals surface area (Å²) in [6.45, 7) is 6.50. The average Bonchev–Trinajstić information content (AvgIpc) is 3.23. The van der Waals surface area contributed by atoms with Crippen LogP contribution in [0.15, 0.2) is 23.2 Å². The highest BCUT2D eigenvalue weighted by Gasteiger charge is 2.24. The van der Waals surface area contributed by atoms with Crippen molar-refractivity contribution in [2.75, 3.05) is 39.4 Å². The van der Waals surface area contributed by atoms with Crippen LogP contribution >= 0.6 is 0 Å². The largest absolute Gasteiger partial charge is 0.376 e. The minimum atomic E-state index is -0.807. The fraction of sp³-hybridized carbons (Fsp3) is 0.667. The van der Waals surface area contributed by atoms with Gasteiger partial charge in [0.1, 0.15) is 0 Å². The summed E-state index contributed by atoms with van der Waals surface area (Å²) >= 11 is 0. The summed E-state index contributed by atoms with van der Waals surface area (Å²) in [5.41, 5.74) is 0.362. The lowest BCUT2D eigenvalue weighted by atomic mass is 10.1. The molecule has 2 heterocycles. The molecule has 2 aliphatic rings. The van der Waals surface area contributed by atoms with Crippen molar-refractivity contribution in [1.82, 2.24) is 10.2 Å². The third-order valence-corrected chi connectivity index (χ3v) is 5.29. The molecule has 0 amide bonds. The van der Waals surface area contributed by atoms with E-state index >= 15 is 0 Å². The van der Waals surface area contributed by atoms with Crippen LogP contribution in [0.1, 0.15) is 38.2 Å². The van der Waals surface area contributed by atoms with Gasteiger partial charge in [-0.3, -0.25) is 4.99 Å². The number of nitrogens with one attached hydrogen (secondary N) is 1. The Hall–Kier alpha value is -1.73. The van der Waals surface area contributed by atoms with E-state index < -0.39 is 11.6 Å². The fourth-order valence-electron chi connectivity index (χ4n) is 3.70. The molecule has 0 aromatic heterocycles. The first-order valence-electron chi connectivity index (χ1n) is 10.4. The zero-order valence-corrected chi connectivity index (χ0v) is 16.6. The Kier molecular flexibility index (Phi) is 8.03. The normalized spacial score (nSPS) is 21.3. The minimum absolute atomic E-state index is 0.264. The van der Waals surface area contributed by atoms with Gasteiger partial charge < -0.3 is 19.7 Å². The van der Waals surface area contributed by atoms with Gasteiger partial charge in [-0.15, -0.1) is 0 Å². The molecule has 2 saturated heterocycles. The molecule has 1 atom stereocenters. The average molecular weight is 395 g/mol. The van der Waals surface area contributed by atoms with Gasteiger partial charge in [-0.25, -0.2) is 8.78 Å². The van der Waals surface area contributed by atoms with Crippen molar-refractivity contribution >= 4 is 5.96 Å². The van der Waals surface area contributed by atoms with Crippen molar-refractivity contribution in [3.05, 3.63) is 35.4 Å². The van der Waals surface area contributed by atoms with Crippen molar-refractivity contribution in [1.29, 1.82) is 0 Å². The van der Waals surface area contributed by atoms with Gasteiger partial charge in [0.05, 0.1) is 18.8 Å². The molecule has 2 fully saturated rings.